The predicted octanol–water partition coefficient (Wildman–Crippen LogP) is -0.263. The fraction of sp³-hybridized carbons (Fsp3) is 0.750. The van der Waals surface area contributed by atoms with Gasteiger partial charge < -0.3 is 24.1 Å². The van der Waals surface area contributed by atoms with Crippen molar-refractivity contribution in [1.82, 2.24) is 0 Å². The first kappa shape index (κ1) is 17.7. The van der Waals surface area contributed by atoms with Crippen LogP contribution in [0, 0.1) is 0 Å². The van der Waals surface area contributed by atoms with Crippen LogP contribution in [0.25, 0.3) is 0 Å². The van der Waals surface area contributed by atoms with Crippen molar-refractivity contribution in [3.63, 3.8) is 0 Å². The molecule has 1 unspecified atom stereocenters. The lowest BCUT2D eigenvalue weighted by Crippen LogP contribution is -2.61. The van der Waals surface area contributed by atoms with Crippen LogP contribution in [0.3, 0.4) is 0 Å². The molecule has 0 amide bonds. The zero-order chi connectivity index (χ0) is 16.2. The zero-order valence-corrected chi connectivity index (χ0v) is 12.5. The highest BCUT2D eigenvalue weighted by molar-refractivity contribution is 6.18. The van der Waals surface area contributed by atoms with Crippen LogP contribution in [0.2, 0.25) is 0 Å². The van der Waals surface area contributed by atoms with E-state index in [1.165, 1.54) is 0 Å². The summed E-state index contributed by atoms with van der Waals surface area (Å²) in [6, 6.07) is 0. The molecule has 0 spiro atoms. The highest BCUT2D eigenvalue weighted by Crippen LogP contribution is 2.28. The Morgan fingerprint density at radius 2 is 1.38 bits per heavy atom. The molecule has 1 fully saturated rings. The predicted molar refractivity (Wildman–Crippen MR) is 68.3 cm³/mol. The fourth-order valence-electron chi connectivity index (χ4n) is 2.00. The van der Waals surface area contributed by atoms with Crippen LogP contribution in [-0.4, -0.2) is 59.6 Å². The van der Waals surface area contributed by atoms with Crippen LogP contribution < -0.4 is 0 Å². The van der Waals surface area contributed by atoms with E-state index in [-0.39, 0.29) is 5.88 Å². The van der Waals surface area contributed by atoms with Gasteiger partial charge in [-0.25, -0.2) is 0 Å². The first-order valence-corrected chi connectivity index (χ1v) is 6.70. The number of carbonyl (C=O) groups is 3. The van der Waals surface area contributed by atoms with Gasteiger partial charge in [-0.3, -0.25) is 14.4 Å². The van der Waals surface area contributed by atoms with E-state index in [4.69, 9.17) is 30.5 Å². The van der Waals surface area contributed by atoms with Crippen molar-refractivity contribution in [2.75, 3.05) is 5.88 Å². The molecule has 1 N–H and O–H groups in total. The number of aliphatic hydroxyl groups excluding tert-OH is 1. The molecule has 9 heteroatoms. The van der Waals surface area contributed by atoms with Crippen LogP contribution in [0.5, 0.6) is 0 Å². The molecule has 0 saturated carbocycles. The molecule has 0 aliphatic carbocycles. The highest BCUT2D eigenvalue weighted by atomic mass is 35.5. The lowest BCUT2D eigenvalue weighted by Gasteiger charge is -2.42. The van der Waals surface area contributed by atoms with Gasteiger partial charge in [0.25, 0.3) is 0 Å². The van der Waals surface area contributed by atoms with Crippen LogP contribution >= 0.6 is 11.6 Å². The number of halogens is 1. The summed E-state index contributed by atoms with van der Waals surface area (Å²) in [4.78, 5) is 33.5. The van der Waals surface area contributed by atoms with Crippen LogP contribution in [-0.2, 0) is 33.3 Å². The van der Waals surface area contributed by atoms with E-state index in [2.05, 4.69) is 0 Å². The van der Waals surface area contributed by atoms with Crippen LogP contribution in [0.15, 0.2) is 0 Å². The number of ether oxygens (including phenoxy) is 4. The van der Waals surface area contributed by atoms with Crippen molar-refractivity contribution >= 4 is 29.5 Å². The maximum atomic E-state index is 11.2. The number of carbonyl (C=O) groups excluding carboxylic acids is 3. The second kappa shape index (κ2) is 7.58. The minimum atomic E-state index is -1.56. The summed E-state index contributed by atoms with van der Waals surface area (Å²) in [5, 5.41) is 9.86. The number of rotatable bonds is 4. The van der Waals surface area contributed by atoms with Crippen molar-refractivity contribution in [3.05, 3.63) is 0 Å². The molecule has 5 atom stereocenters. The van der Waals surface area contributed by atoms with Gasteiger partial charge in [-0.2, -0.15) is 0 Å². The Morgan fingerprint density at radius 3 is 1.81 bits per heavy atom. The normalized spacial score (nSPS) is 32.1. The second-order valence-electron chi connectivity index (χ2n) is 4.44. The number of hydrogen-bond acceptors (Lipinski definition) is 8. The maximum Gasteiger partial charge on any atom is 0.303 e. The quantitative estimate of drug-likeness (QED) is 0.428. The molecule has 21 heavy (non-hydrogen) atoms. The summed E-state index contributed by atoms with van der Waals surface area (Å²) in [5.74, 6) is -2.20. The number of aliphatic hydroxyl groups is 1. The summed E-state index contributed by atoms with van der Waals surface area (Å²) >= 11 is 5.70. The van der Waals surface area contributed by atoms with Gasteiger partial charge in [0.1, 0.15) is 6.10 Å². The first-order chi connectivity index (χ1) is 9.76. The van der Waals surface area contributed by atoms with Crippen LogP contribution in [0.4, 0.5) is 0 Å². The van der Waals surface area contributed by atoms with E-state index in [9.17, 15) is 19.5 Å². The smallest absolute Gasteiger partial charge is 0.303 e. The van der Waals surface area contributed by atoms with E-state index in [0.717, 1.165) is 20.8 Å². The minimum absolute atomic E-state index is 0.125. The number of hydrogen-bond donors (Lipinski definition) is 1. The Labute approximate surface area is 126 Å². The van der Waals surface area contributed by atoms with E-state index in [0.29, 0.717) is 0 Å². The lowest BCUT2D eigenvalue weighted by molar-refractivity contribution is -0.287. The Balaban J connectivity index is 3.08. The molecule has 0 aromatic rings. The summed E-state index contributed by atoms with van der Waals surface area (Å²) in [5.41, 5.74) is 0. The molecular weight excluding hydrogens is 308 g/mol. The molecule has 120 valence electrons. The van der Waals surface area contributed by atoms with Gasteiger partial charge in [-0.15, -0.1) is 11.6 Å². The van der Waals surface area contributed by atoms with Gasteiger partial charge in [0, 0.05) is 20.8 Å². The fourth-order valence-corrected chi connectivity index (χ4v) is 2.24. The third-order valence-corrected chi connectivity index (χ3v) is 2.97. The standard InChI is InChI=1S/C12H17ClO8/c1-5(14)18-9-8(4-13)21-12(17)11(20-7(3)16)10(9)19-6(2)15/h8-12,17H,4H2,1-3H3/t8-,9-,10+,11-,12?/m1/s1. The Kier molecular flexibility index (Phi) is 6.38. The average molecular weight is 325 g/mol. The molecule has 1 rings (SSSR count). The molecule has 1 heterocycles. The molecule has 1 aliphatic heterocycles. The van der Waals surface area contributed by atoms with E-state index in [1.54, 1.807) is 0 Å². The Morgan fingerprint density at radius 1 is 0.952 bits per heavy atom. The highest BCUT2D eigenvalue weighted by Gasteiger charge is 2.51. The monoisotopic (exact) mass is 324 g/mol. The molecule has 0 aromatic carbocycles. The van der Waals surface area contributed by atoms with Gasteiger partial charge in [-0.1, -0.05) is 0 Å². The first-order valence-electron chi connectivity index (χ1n) is 6.17. The molecule has 1 aliphatic rings. The summed E-state index contributed by atoms with van der Waals surface area (Å²) in [6.45, 7) is 3.40. The maximum absolute atomic E-state index is 11.2. The molecule has 0 bridgehead atoms. The van der Waals surface area contributed by atoms with Gasteiger partial charge in [0.05, 0.1) is 5.88 Å². The van der Waals surface area contributed by atoms with Gasteiger partial charge in [-0.05, 0) is 0 Å². The minimum Gasteiger partial charge on any atom is -0.456 e. The third kappa shape index (κ3) is 4.83. The van der Waals surface area contributed by atoms with Crippen LogP contribution in [0.1, 0.15) is 20.8 Å². The topological polar surface area (TPSA) is 108 Å². The SMILES string of the molecule is CC(=O)O[C@H]1[C@H](OC(C)=O)[C@@H](OC(C)=O)C(O)O[C@@H]1CCl. The second-order valence-corrected chi connectivity index (χ2v) is 4.75. The molecule has 0 radical (unpaired) electrons. The van der Waals surface area contributed by atoms with E-state index < -0.39 is 48.6 Å². The lowest BCUT2D eigenvalue weighted by atomic mass is 9.99. The van der Waals surface area contributed by atoms with Crippen molar-refractivity contribution in [2.24, 2.45) is 0 Å². The molecule has 0 aromatic heterocycles. The summed E-state index contributed by atoms with van der Waals surface area (Å²) < 4.78 is 20.1. The summed E-state index contributed by atoms with van der Waals surface area (Å²) in [6.07, 6.45) is -6.12. The largest absolute Gasteiger partial charge is 0.456 e. The van der Waals surface area contributed by atoms with E-state index >= 15 is 0 Å². The molecule has 8 nitrogen and oxygen atoms in total. The van der Waals surface area contributed by atoms with Crippen molar-refractivity contribution in [3.8, 4) is 0 Å². The number of esters is 3. The van der Waals surface area contributed by atoms with Gasteiger partial charge >= 0.3 is 17.9 Å². The van der Waals surface area contributed by atoms with E-state index in [1.807, 2.05) is 0 Å². The average Bonchev–Trinajstić information content (AvgIpc) is 2.35. The number of alkyl halides is 1. The molecule has 1 saturated heterocycles. The molecular formula is C12H17ClO8. The summed E-state index contributed by atoms with van der Waals surface area (Å²) in [7, 11) is 0. The van der Waals surface area contributed by atoms with Gasteiger partial charge in [0.15, 0.2) is 24.6 Å². The zero-order valence-electron chi connectivity index (χ0n) is 11.8. The van der Waals surface area contributed by atoms with Crippen molar-refractivity contribution in [1.29, 1.82) is 0 Å². The Bertz CT molecular complexity index is 412. The Hall–Kier alpha value is -1.38. The third-order valence-electron chi connectivity index (χ3n) is 2.67. The van der Waals surface area contributed by atoms with Crippen molar-refractivity contribution in [2.45, 2.75) is 51.5 Å². The van der Waals surface area contributed by atoms with Gasteiger partial charge in [0.2, 0.25) is 0 Å². The van der Waals surface area contributed by atoms with Crippen molar-refractivity contribution < 1.29 is 38.4 Å².